The van der Waals surface area contributed by atoms with E-state index in [0.717, 1.165) is 48.1 Å². The van der Waals surface area contributed by atoms with E-state index < -0.39 is 10.0 Å². The fourth-order valence-corrected chi connectivity index (χ4v) is 7.05. The number of anilines is 2. The number of benzene rings is 3. The van der Waals surface area contributed by atoms with E-state index in [1.165, 1.54) is 11.3 Å². The molecule has 0 bridgehead atoms. The molecule has 1 fully saturated rings. The molecule has 1 heterocycles. The summed E-state index contributed by atoms with van der Waals surface area (Å²) in [6.07, 6.45) is 5.80. The third-order valence-corrected chi connectivity index (χ3v) is 9.84. The average Bonchev–Trinajstić information content (AvgIpc) is 3.38. The highest BCUT2D eigenvalue weighted by atomic mass is 32.2. The van der Waals surface area contributed by atoms with Crippen LogP contribution in [0.1, 0.15) is 73.2 Å². The Hall–Kier alpha value is -4.31. The molecule has 1 aliphatic carbocycles. The zero-order chi connectivity index (χ0) is 32.0. The fraction of sp³-hybridized carbons (Fsp3) is 0.371. The van der Waals surface area contributed by atoms with E-state index in [-0.39, 0.29) is 35.8 Å². The van der Waals surface area contributed by atoms with Gasteiger partial charge in [0.1, 0.15) is 11.3 Å². The van der Waals surface area contributed by atoms with E-state index in [9.17, 15) is 18.0 Å². The van der Waals surface area contributed by atoms with Crippen LogP contribution in [0.4, 0.5) is 11.4 Å². The molecule has 1 atom stereocenters. The Bertz CT molecular complexity index is 1730. The number of hydrogen-bond donors (Lipinski definition) is 2. The molecule has 45 heavy (non-hydrogen) atoms. The lowest BCUT2D eigenvalue weighted by Gasteiger charge is -2.31. The first-order valence-corrected chi connectivity index (χ1v) is 17.0. The molecule has 0 spiro atoms. The summed E-state index contributed by atoms with van der Waals surface area (Å²) >= 11 is 0. The summed E-state index contributed by atoms with van der Waals surface area (Å²) in [5, 5.41) is 4.55. The number of amides is 1. The maximum atomic E-state index is 13.0. The van der Waals surface area contributed by atoms with Crippen molar-refractivity contribution in [3.63, 3.8) is 0 Å². The SMILES string of the molecule is CCOC(=O)CCN(C)C(=O)c1ccc(NC(c2oc3ccc(NS(=O)(=O)c4ccccc4)cc3c2C)C2CCCCC2)cc1. The number of aryl methyl sites for hydroxylation is 1. The van der Waals surface area contributed by atoms with E-state index in [1.54, 1.807) is 62.5 Å². The van der Waals surface area contributed by atoms with Crippen molar-refractivity contribution in [2.45, 2.75) is 63.3 Å². The van der Waals surface area contributed by atoms with Crippen LogP contribution in [0.15, 0.2) is 82.1 Å². The Morgan fingerprint density at radius 1 is 0.978 bits per heavy atom. The normalized spacial score (nSPS) is 14.6. The second-order valence-electron chi connectivity index (χ2n) is 11.6. The summed E-state index contributed by atoms with van der Waals surface area (Å²) < 4.78 is 40.0. The largest absolute Gasteiger partial charge is 0.466 e. The number of hydrogen-bond acceptors (Lipinski definition) is 7. The van der Waals surface area contributed by atoms with E-state index in [0.29, 0.717) is 29.4 Å². The molecule has 1 aliphatic rings. The van der Waals surface area contributed by atoms with Crippen LogP contribution >= 0.6 is 0 Å². The Kier molecular flexibility index (Phi) is 10.1. The molecule has 1 amide bonds. The van der Waals surface area contributed by atoms with Crippen LogP contribution in [-0.4, -0.2) is 45.4 Å². The van der Waals surface area contributed by atoms with Gasteiger partial charge in [-0.15, -0.1) is 0 Å². The van der Waals surface area contributed by atoms with E-state index in [1.807, 2.05) is 31.2 Å². The number of sulfonamides is 1. The third kappa shape index (κ3) is 7.68. The lowest BCUT2D eigenvalue weighted by molar-refractivity contribution is -0.143. The number of fused-ring (bicyclic) bond motifs is 1. The number of nitrogens with one attached hydrogen (secondary N) is 2. The van der Waals surface area contributed by atoms with Gasteiger partial charge in [0.05, 0.1) is 24.0 Å². The van der Waals surface area contributed by atoms with Crippen molar-refractivity contribution in [3.8, 4) is 0 Å². The fourth-order valence-electron chi connectivity index (χ4n) is 5.98. The van der Waals surface area contributed by atoms with Crippen molar-refractivity contribution >= 4 is 44.2 Å². The van der Waals surface area contributed by atoms with Crippen molar-refractivity contribution in [1.29, 1.82) is 0 Å². The van der Waals surface area contributed by atoms with Crippen LogP contribution in [0.25, 0.3) is 11.0 Å². The van der Waals surface area contributed by atoms with Gasteiger partial charge in [0.25, 0.3) is 15.9 Å². The van der Waals surface area contributed by atoms with Gasteiger partial charge in [0, 0.05) is 41.5 Å². The number of nitrogens with zero attached hydrogens (tertiary/aromatic N) is 1. The highest BCUT2D eigenvalue weighted by Gasteiger charge is 2.30. The monoisotopic (exact) mass is 631 g/mol. The van der Waals surface area contributed by atoms with Gasteiger partial charge >= 0.3 is 5.97 Å². The number of ether oxygens (including phenoxy) is 1. The van der Waals surface area contributed by atoms with Gasteiger partial charge in [-0.3, -0.25) is 14.3 Å². The topological polar surface area (TPSA) is 118 Å². The molecule has 10 heteroatoms. The molecule has 5 rings (SSSR count). The lowest BCUT2D eigenvalue weighted by atomic mass is 9.82. The van der Waals surface area contributed by atoms with Gasteiger partial charge in [-0.05, 0) is 87.2 Å². The Balaban J connectivity index is 1.36. The van der Waals surface area contributed by atoms with Crippen LogP contribution in [-0.2, 0) is 19.6 Å². The molecule has 0 saturated heterocycles. The van der Waals surface area contributed by atoms with Crippen molar-refractivity contribution in [1.82, 2.24) is 4.90 Å². The predicted octanol–water partition coefficient (Wildman–Crippen LogP) is 7.30. The van der Waals surface area contributed by atoms with Gasteiger partial charge in [0.15, 0.2) is 0 Å². The first-order chi connectivity index (χ1) is 21.7. The molecule has 4 aromatic rings. The minimum Gasteiger partial charge on any atom is -0.466 e. The van der Waals surface area contributed by atoms with Crippen molar-refractivity contribution in [2.24, 2.45) is 5.92 Å². The van der Waals surface area contributed by atoms with Gasteiger partial charge in [-0.25, -0.2) is 8.42 Å². The average molecular weight is 632 g/mol. The number of furan rings is 1. The molecule has 2 N–H and O–H groups in total. The Morgan fingerprint density at radius 2 is 1.67 bits per heavy atom. The molecule has 1 saturated carbocycles. The number of esters is 1. The molecular weight excluding hydrogens is 590 g/mol. The standard InChI is InChI=1S/C35H41N3O6S/c1-4-43-32(39)21-22-38(3)35(40)26-15-17-27(18-16-26)36-33(25-11-7-5-8-12-25)34-24(2)30-23-28(19-20-31(30)44-34)37-45(41,42)29-13-9-6-10-14-29/h6,9-10,13-20,23,25,33,36-37H,4-5,7-8,11-12,21-22H2,1-3H3. The second kappa shape index (κ2) is 14.2. The lowest BCUT2D eigenvalue weighted by Crippen LogP contribution is -2.29. The van der Waals surface area contributed by atoms with Gasteiger partial charge in [-0.1, -0.05) is 37.5 Å². The minimum absolute atomic E-state index is 0.101. The maximum Gasteiger partial charge on any atom is 0.307 e. The highest BCUT2D eigenvalue weighted by molar-refractivity contribution is 7.92. The Morgan fingerprint density at radius 3 is 2.36 bits per heavy atom. The number of rotatable bonds is 12. The summed E-state index contributed by atoms with van der Waals surface area (Å²) in [5.41, 5.74) is 3.53. The predicted molar refractivity (Wildman–Crippen MR) is 176 cm³/mol. The van der Waals surface area contributed by atoms with Crippen LogP contribution in [0, 0.1) is 12.8 Å². The molecule has 3 aromatic carbocycles. The zero-order valence-corrected chi connectivity index (χ0v) is 26.9. The summed E-state index contributed by atoms with van der Waals surface area (Å²) in [5.74, 6) is 0.695. The van der Waals surface area contributed by atoms with Crippen LogP contribution in [0.3, 0.4) is 0 Å². The molecular formula is C35H41N3O6S. The van der Waals surface area contributed by atoms with E-state index >= 15 is 0 Å². The maximum absolute atomic E-state index is 13.0. The first kappa shape index (κ1) is 32.1. The minimum atomic E-state index is -3.73. The molecule has 0 radical (unpaired) electrons. The molecule has 1 unspecified atom stereocenters. The van der Waals surface area contributed by atoms with Gasteiger partial charge in [0.2, 0.25) is 0 Å². The van der Waals surface area contributed by atoms with Gasteiger partial charge < -0.3 is 19.4 Å². The van der Waals surface area contributed by atoms with Crippen LogP contribution in [0.2, 0.25) is 0 Å². The summed E-state index contributed by atoms with van der Waals surface area (Å²) in [7, 11) is -2.05. The second-order valence-corrected chi connectivity index (χ2v) is 13.3. The zero-order valence-electron chi connectivity index (χ0n) is 26.0. The van der Waals surface area contributed by atoms with Gasteiger partial charge in [-0.2, -0.15) is 0 Å². The highest BCUT2D eigenvalue weighted by Crippen LogP contribution is 2.41. The van der Waals surface area contributed by atoms with Crippen molar-refractivity contribution in [2.75, 3.05) is 30.2 Å². The van der Waals surface area contributed by atoms with E-state index in [2.05, 4.69) is 10.0 Å². The van der Waals surface area contributed by atoms with E-state index in [4.69, 9.17) is 9.15 Å². The van der Waals surface area contributed by atoms with Crippen molar-refractivity contribution in [3.05, 3.63) is 89.7 Å². The molecule has 1 aromatic heterocycles. The summed E-state index contributed by atoms with van der Waals surface area (Å²) in [6, 6.07) is 20.9. The number of carbonyl (C=O) groups excluding carboxylic acids is 2. The smallest absolute Gasteiger partial charge is 0.307 e. The van der Waals surface area contributed by atoms with Crippen LogP contribution < -0.4 is 10.0 Å². The number of carbonyl (C=O) groups is 2. The van der Waals surface area contributed by atoms with Crippen LogP contribution in [0.5, 0.6) is 0 Å². The quantitative estimate of drug-likeness (QED) is 0.158. The molecule has 238 valence electrons. The first-order valence-electron chi connectivity index (χ1n) is 15.5. The molecule has 0 aliphatic heterocycles. The Labute approximate surface area is 265 Å². The molecule has 9 nitrogen and oxygen atoms in total. The van der Waals surface area contributed by atoms with Crippen molar-refractivity contribution < 1.29 is 27.2 Å². The summed E-state index contributed by atoms with van der Waals surface area (Å²) in [4.78, 5) is 26.4. The third-order valence-electron chi connectivity index (χ3n) is 8.44. The summed E-state index contributed by atoms with van der Waals surface area (Å²) in [6.45, 7) is 4.37.